The summed E-state index contributed by atoms with van der Waals surface area (Å²) in [7, 11) is 0. The second-order valence-corrected chi connectivity index (χ2v) is 21.3. The Kier molecular flexibility index (Phi) is 62.9. The van der Waals surface area contributed by atoms with E-state index in [4.69, 9.17) is 14.2 Å². The summed E-state index contributed by atoms with van der Waals surface area (Å²) >= 11 is 0. The lowest BCUT2D eigenvalue weighted by Crippen LogP contribution is -2.30. The molecule has 0 aromatic rings. The topological polar surface area (TPSA) is 78.9 Å². The molecule has 0 amide bonds. The first-order valence-electron chi connectivity index (χ1n) is 32.8. The van der Waals surface area contributed by atoms with Crippen molar-refractivity contribution in [3.05, 3.63) is 146 Å². The summed E-state index contributed by atoms with van der Waals surface area (Å²) in [5, 5.41) is 0. The number of esters is 3. The zero-order valence-corrected chi connectivity index (χ0v) is 51.8. The molecule has 0 aromatic heterocycles. The smallest absolute Gasteiger partial charge is 0.306 e. The highest BCUT2D eigenvalue weighted by Crippen LogP contribution is 2.15. The zero-order valence-electron chi connectivity index (χ0n) is 51.8. The van der Waals surface area contributed by atoms with Crippen LogP contribution in [-0.2, 0) is 28.6 Å². The summed E-state index contributed by atoms with van der Waals surface area (Å²) in [6.07, 6.45) is 95.8. The fraction of sp³-hybridized carbons (Fsp3) is 0.635. The first-order valence-corrected chi connectivity index (χ1v) is 32.8. The number of carbonyl (C=O) groups excluding carboxylic acids is 3. The predicted molar refractivity (Wildman–Crippen MR) is 348 cm³/mol. The minimum Gasteiger partial charge on any atom is -0.462 e. The number of carbonyl (C=O) groups is 3. The Hall–Kier alpha value is -4.71. The van der Waals surface area contributed by atoms with E-state index >= 15 is 0 Å². The van der Waals surface area contributed by atoms with Crippen molar-refractivity contribution in [1.29, 1.82) is 0 Å². The van der Waals surface area contributed by atoms with Crippen LogP contribution < -0.4 is 0 Å². The van der Waals surface area contributed by atoms with Crippen LogP contribution in [0.15, 0.2) is 146 Å². The first kappa shape index (κ1) is 75.3. The van der Waals surface area contributed by atoms with Crippen molar-refractivity contribution in [3.63, 3.8) is 0 Å². The molecule has 0 rings (SSSR count). The third-order valence-electron chi connectivity index (χ3n) is 13.6. The monoisotopic (exact) mass is 1100 g/mol. The zero-order chi connectivity index (χ0) is 57.8. The number of rotatable bonds is 58. The summed E-state index contributed by atoms with van der Waals surface area (Å²) in [5.41, 5.74) is 0. The summed E-state index contributed by atoms with van der Waals surface area (Å²) < 4.78 is 16.9. The predicted octanol–water partition coefficient (Wildman–Crippen LogP) is 22.7. The van der Waals surface area contributed by atoms with Gasteiger partial charge in [0.05, 0.1) is 0 Å². The molecule has 1 unspecified atom stereocenters. The standard InChI is InChI=1S/C74H120O6/c1-4-7-10-13-16-19-22-24-26-28-29-30-31-32-33-34-35-36-37-38-39-40-41-42-43-44-45-47-48-50-52-55-58-61-64-67-73(76)79-70-71(69-78-72(75)66-63-60-57-54-21-18-15-12-9-6-3)80-74(77)68-65-62-59-56-53-51-49-46-27-25-23-20-17-14-11-8-5-2/h7-8,10-11,16-17,19-20,24-27,29-30,32-33,35-36,38-39,41-42,49,51,71H,4-6,9,12-15,18,21-23,28,31,34,37,40,43-48,50,52-70H2,1-3H3/b10-7-,11-8-,19-16-,20-17-,26-24-,27-25-,30-29-,33-32-,36-35-,39-38-,42-41-,51-49-. The summed E-state index contributed by atoms with van der Waals surface area (Å²) in [5.74, 6) is -0.920. The van der Waals surface area contributed by atoms with Crippen LogP contribution in [0.3, 0.4) is 0 Å². The van der Waals surface area contributed by atoms with E-state index in [1.54, 1.807) is 0 Å². The SMILES string of the molecule is CC/C=C\C/C=C\C/C=C\C/C=C\C/C=C\C/C=C\C/C=C\C/C=C\CCCCCCCCCCCCC(=O)OCC(COC(=O)CCCCCCCCCCCC)OC(=O)CCCCCC/C=C\C/C=C\C/C=C\C/C=C\CC. The van der Waals surface area contributed by atoms with Gasteiger partial charge in [-0.3, -0.25) is 14.4 Å². The van der Waals surface area contributed by atoms with E-state index < -0.39 is 6.10 Å². The highest BCUT2D eigenvalue weighted by atomic mass is 16.6. The van der Waals surface area contributed by atoms with E-state index in [1.807, 2.05) is 0 Å². The molecule has 0 saturated heterocycles. The third kappa shape index (κ3) is 64.1. The van der Waals surface area contributed by atoms with E-state index in [0.717, 1.165) is 154 Å². The Bertz CT molecular complexity index is 1750. The number of allylic oxidation sites excluding steroid dienone is 24. The van der Waals surface area contributed by atoms with Crippen molar-refractivity contribution in [2.24, 2.45) is 0 Å². The van der Waals surface area contributed by atoms with Crippen molar-refractivity contribution in [1.82, 2.24) is 0 Å². The van der Waals surface area contributed by atoms with Crippen molar-refractivity contribution in [2.45, 2.75) is 290 Å². The van der Waals surface area contributed by atoms with Crippen LogP contribution in [0.4, 0.5) is 0 Å². The average molecular weight is 1110 g/mol. The molecule has 0 spiro atoms. The van der Waals surface area contributed by atoms with Crippen molar-refractivity contribution >= 4 is 17.9 Å². The van der Waals surface area contributed by atoms with Gasteiger partial charge < -0.3 is 14.2 Å². The van der Waals surface area contributed by atoms with Crippen molar-refractivity contribution < 1.29 is 28.6 Å². The molecule has 0 aromatic carbocycles. The van der Waals surface area contributed by atoms with E-state index in [-0.39, 0.29) is 31.1 Å². The highest BCUT2D eigenvalue weighted by molar-refractivity contribution is 5.71. The minimum atomic E-state index is -0.796. The minimum absolute atomic E-state index is 0.0906. The molecular formula is C74H120O6. The molecule has 0 aliphatic rings. The van der Waals surface area contributed by atoms with Crippen LogP contribution in [0.5, 0.6) is 0 Å². The molecular weight excluding hydrogens is 985 g/mol. The van der Waals surface area contributed by atoms with Gasteiger partial charge in [-0.25, -0.2) is 0 Å². The first-order chi connectivity index (χ1) is 39.5. The normalized spacial score (nSPS) is 13.1. The Morgan fingerprint density at radius 3 is 0.762 bits per heavy atom. The van der Waals surface area contributed by atoms with Crippen LogP contribution in [0.2, 0.25) is 0 Å². The van der Waals surface area contributed by atoms with Gasteiger partial charge in [0.1, 0.15) is 13.2 Å². The maximum Gasteiger partial charge on any atom is 0.306 e. The van der Waals surface area contributed by atoms with Gasteiger partial charge in [-0.2, -0.15) is 0 Å². The summed E-state index contributed by atoms with van der Waals surface area (Å²) in [4.78, 5) is 38.2. The molecule has 452 valence electrons. The summed E-state index contributed by atoms with van der Waals surface area (Å²) in [6, 6.07) is 0. The van der Waals surface area contributed by atoms with E-state index in [2.05, 4.69) is 167 Å². The molecule has 6 heteroatoms. The maximum atomic E-state index is 12.9. The number of ether oxygens (including phenoxy) is 3. The number of hydrogen-bond acceptors (Lipinski definition) is 6. The Morgan fingerprint density at radius 1 is 0.263 bits per heavy atom. The molecule has 6 nitrogen and oxygen atoms in total. The van der Waals surface area contributed by atoms with Crippen LogP contribution in [-0.4, -0.2) is 37.2 Å². The second kappa shape index (κ2) is 66.8. The van der Waals surface area contributed by atoms with Gasteiger partial charge in [0.2, 0.25) is 0 Å². The largest absolute Gasteiger partial charge is 0.462 e. The average Bonchev–Trinajstić information content (AvgIpc) is 3.46. The number of unbranched alkanes of at least 4 members (excludes halogenated alkanes) is 23. The molecule has 0 bridgehead atoms. The van der Waals surface area contributed by atoms with Crippen LogP contribution in [0.25, 0.3) is 0 Å². The van der Waals surface area contributed by atoms with Gasteiger partial charge >= 0.3 is 17.9 Å². The summed E-state index contributed by atoms with van der Waals surface area (Å²) in [6.45, 7) is 6.38. The van der Waals surface area contributed by atoms with E-state index in [1.165, 1.54) is 89.9 Å². The Balaban J connectivity index is 4.21. The molecule has 80 heavy (non-hydrogen) atoms. The molecule has 0 radical (unpaired) electrons. The van der Waals surface area contributed by atoms with Crippen LogP contribution in [0, 0.1) is 0 Å². The van der Waals surface area contributed by atoms with Crippen molar-refractivity contribution in [3.8, 4) is 0 Å². The van der Waals surface area contributed by atoms with Crippen LogP contribution >= 0.6 is 0 Å². The lowest BCUT2D eigenvalue weighted by Gasteiger charge is -2.18. The van der Waals surface area contributed by atoms with E-state index in [0.29, 0.717) is 19.3 Å². The van der Waals surface area contributed by atoms with Gasteiger partial charge in [0.15, 0.2) is 6.10 Å². The quantitative estimate of drug-likeness (QED) is 0.0261. The van der Waals surface area contributed by atoms with Crippen LogP contribution in [0.1, 0.15) is 284 Å². The van der Waals surface area contributed by atoms with Gasteiger partial charge in [-0.1, -0.05) is 289 Å². The lowest BCUT2D eigenvalue weighted by molar-refractivity contribution is -0.167. The van der Waals surface area contributed by atoms with Gasteiger partial charge in [-0.15, -0.1) is 0 Å². The fourth-order valence-electron chi connectivity index (χ4n) is 8.74. The fourth-order valence-corrected chi connectivity index (χ4v) is 8.74. The van der Waals surface area contributed by atoms with Gasteiger partial charge in [0.25, 0.3) is 0 Å². The second-order valence-electron chi connectivity index (χ2n) is 21.3. The molecule has 0 fully saturated rings. The Morgan fingerprint density at radius 2 is 0.487 bits per heavy atom. The molecule has 0 heterocycles. The Labute approximate surface area is 493 Å². The molecule has 0 saturated carbocycles. The van der Waals surface area contributed by atoms with Gasteiger partial charge in [-0.05, 0) is 122 Å². The van der Waals surface area contributed by atoms with Crippen molar-refractivity contribution in [2.75, 3.05) is 13.2 Å². The lowest BCUT2D eigenvalue weighted by atomic mass is 10.1. The molecule has 1 atom stereocenters. The molecule has 0 aliphatic carbocycles. The third-order valence-corrected chi connectivity index (χ3v) is 13.6. The molecule has 0 aliphatic heterocycles. The van der Waals surface area contributed by atoms with E-state index in [9.17, 15) is 14.4 Å². The maximum absolute atomic E-state index is 12.9. The number of hydrogen-bond donors (Lipinski definition) is 0. The molecule has 0 N–H and O–H groups in total. The highest BCUT2D eigenvalue weighted by Gasteiger charge is 2.19. The van der Waals surface area contributed by atoms with Gasteiger partial charge in [0, 0.05) is 19.3 Å².